The van der Waals surface area contributed by atoms with Gasteiger partial charge in [-0.2, -0.15) is 0 Å². The van der Waals surface area contributed by atoms with Crippen LogP contribution >= 0.6 is 0 Å². The van der Waals surface area contributed by atoms with Crippen LogP contribution in [-0.4, -0.2) is 39.3 Å². The molecule has 156 valence electrons. The number of nitrogens with zero attached hydrogens (tertiary/aromatic N) is 1. The molecular weight excluding hydrogens is 391 g/mol. The lowest BCUT2D eigenvalue weighted by atomic mass is 9.69. The summed E-state index contributed by atoms with van der Waals surface area (Å²) in [6.45, 7) is 0.467. The molecular formula is C22H27FN2O3S. The normalized spacial score (nSPS) is 16.6. The summed E-state index contributed by atoms with van der Waals surface area (Å²) < 4.78 is 38.8. The van der Waals surface area contributed by atoms with Crippen molar-refractivity contribution in [1.82, 2.24) is 9.62 Å². The van der Waals surface area contributed by atoms with E-state index < -0.39 is 10.0 Å². The highest BCUT2D eigenvalue weighted by Crippen LogP contribution is 2.39. The molecule has 2 aromatic rings. The van der Waals surface area contributed by atoms with E-state index in [4.69, 9.17) is 0 Å². The van der Waals surface area contributed by atoms with Crippen LogP contribution in [0.4, 0.5) is 4.39 Å². The second-order valence-electron chi connectivity index (χ2n) is 7.84. The van der Waals surface area contributed by atoms with Gasteiger partial charge < -0.3 is 5.32 Å². The molecule has 0 unspecified atom stereocenters. The van der Waals surface area contributed by atoms with Gasteiger partial charge in [-0.3, -0.25) is 4.79 Å². The quantitative estimate of drug-likeness (QED) is 0.778. The van der Waals surface area contributed by atoms with Gasteiger partial charge in [0.05, 0.1) is 4.90 Å². The summed E-state index contributed by atoms with van der Waals surface area (Å²) in [7, 11) is -0.593. The maximum atomic E-state index is 13.4. The van der Waals surface area contributed by atoms with Gasteiger partial charge in [0.25, 0.3) is 5.91 Å². The van der Waals surface area contributed by atoms with Crippen molar-refractivity contribution in [3.63, 3.8) is 0 Å². The number of hydrogen-bond donors (Lipinski definition) is 1. The van der Waals surface area contributed by atoms with E-state index in [9.17, 15) is 17.6 Å². The van der Waals surface area contributed by atoms with Gasteiger partial charge in [0.1, 0.15) is 5.82 Å². The average molecular weight is 419 g/mol. The van der Waals surface area contributed by atoms with E-state index in [-0.39, 0.29) is 22.0 Å². The first-order valence-electron chi connectivity index (χ1n) is 9.81. The van der Waals surface area contributed by atoms with Gasteiger partial charge in [-0.15, -0.1) is 0 Å². The maximum absolute atomic E-state index is 13.4. The number of amides is 1. The molecule has 3 rings (SSSR count). The molecule has 1 fully saturated rings. The van der Waals surface area contributed by atoms with Gasteiger partial charge in [0.15, 0.2) is 0 Å². The fourth-order valence-corrected chi connectivity index (χ4v) is 4.84. The Labute approximate surface area is 172 Å². The summed E-state index contributed by atoms with van der Waals surface area (Å²) in [6.07, 6.45) is 5.20. The Bertz CT molecular complexity index is 949. The highest BCUT2D eigenvalue weighted by molar-refractivity contribution is 7.89. The minimum atomic E-state index is -3.53. The predicted molar refractivity (Wildman–Crippen MR) is 111 cm³/mol. The van der Waals surface area contributed by atoms with Gasteiger partial charge in [-0.05, 0) is 54.8 Å². The Morgan fingerprint density at radius 3 is 2.14 bits per heavy atom. The van der Waals surface area contributed by atoms with Crippen LogP contribution in [0.2, 0.25) is 0 Å². The number of rotatable bonds is 6. The molecule has 0 aromatic heterocycles. The Hall–Kier alpha value is -2.25. The van der Waals surface area contributed by atoms with Gasteiger partial charge in [-0.25, -0.2) is 17.1 Å². The standard InChI is InChI=1S/C22H27FN2O3S/c1-25(2)29(27,28)20-12-6-17(7-13-20)21(26)24-16-22(14-4-3-5-15-22)18-8-10-19(23)11-9-18/h6-13H,3-5,14-16H2,1-2H3,(H,24,26). The maximum Gasteiger partial charge on any atom is 0.251 e. The number of nitrogens with one attached hydrogen (secondary N) is 1. The number of carbonyl (C=O) groups is 1. The third-order valence-corrected chi connectivity index (χ3v) is 7.58. The Balaban J connectivity index is 1.74. The lowest BCUT2D eigenvalue weighted by Crippen LogP contribution is -2.42. The first-order valence-corrected chi connectivity index (χ1v) is 11.3. The summed E-state index contributed by atoms with van der Waals surface area (Å²) >= 11 is 0. The van der Waals surface area contributed by atoms with Crippen molar-refractivity contribution < 1.29 is 17.6 Å². The molecule has 5 nitrogen and oxygen atoms in total. The van der Waals surface area contributed by atoms with Crippen LogP contribution < -0.4 is 5.32 Å². The summed E-state index contributed by atoms with van der Waals surface area (Å²) in [6, 6.07) is 12.5. The number of halogens is 1. The molecule has 0 heterocycles. The molecule has 0 aliphatic heterocycles. The molecule has 0 atom stereocenters. The molecule has 29 heavy (non-hydrogen) atoms. The first kappa shape index (κ1) is 21.5. The fraction of sp³-hybridized carbons (Fsp3) is 0.409. The van der Waals surface area contributed by atoms with Crippen LogP contribution in [0.25, 0.3) is 0 Å². The number of carbonyl (C=O) groups excluding carboxylic acids is 1. The fourth-order valence-electron chi connectivity index (χ4n) is 3.94. The molecule has 7 heteroatoms. The van der Waals surface area contributed by atoms with Gasteiger partial charge >= 0.3 is 0 Å². The largest absolute Gasteiger partial charge is 0.351 e. The number of hydrogen-bond acceptors (Lipinski definition) is 3. The lowest BCUT2D eigenvalue weighted by molar-refractivity contribution is 0.0936. The van der Waals surface area contributed by atoms with E-state index in [0.717, 1.165) is 35.6 Å². The second-order valence-corrected chi connectivity index (χ2v) is 9.99. The molecule has 0 spiro atoms. The summed E-state index contributed by atoms with van der Waals surface area (Å²) in [5, 5.41) is 3.01. The number of sulfonamides is 1. The minimum absolute atomic E-state index is 0.147. The SMILES string of the molecule is CN(C)S(=O)(=O)c1ccc(C(=O)NCC2(c3ccc(F)cc3)CCCCC2)cc1. The van der Waals surface area contributed by atoms with Crippen molar-refractivity contribution in [2.45, 2.75) is 42.4 Å². The van der Waals surface area contributed by atoms with E-state index in [1.165, 1.54) is 56.9 Å². The van der Waals surface area contributed by atoms with Crippen molar-refractivity contribution in [2.75, 3.05) is 20.6 Å². The number of benzene rings is 2. The van der Waals surface area contributed by atoms with Gasteiger partial charge in [-0.1, -0.05) is 31.4 Å². The molecule has 0 radical (unpaired) electrons. The zero-order valence-corrected chi connectivity index (χ0v) is 17.6. The summed E-state index contributed by atoms with van der Waals surface area (Å²) in [4.78, 5) is 12.8. The molecule has 1 aliphatic rings. The first-order chi connectivity index (χ1) is 13.7. The van der Waals surface area contributed by atoms with Gasteiger partial charge in [0.2, 0.25) is 10.0 Å². The molecule has 0 bridgehead atoms. The third kappa shape index (κ3) is 4.67. The Morgan fingerprint density at radius 1 is 1.00 bits per heavy atom. The van der Waals surface area contributed by atoms with Crippen LogP contribution in [0, 0.1) is 5.82 Å². The molecule has 1 aliphatic carbocycles. The van der Waals surface area contributed by atoms with Crippen molar-refractivity contribution in [1.29, 1.82) is 0 Å². The molecule has 1 N–H and O–H groups in total. The zero-order chi connectivity index (χ0) is 21.1. The molecule has 1 saturated carbocycles. The van der Waals surface area contributed by atoms with E-state index in [2.05, 4.69) is 5.32 Å². The minimum Gasteiger partial charge on any atom is -0.351 e. The van der Waals surface area contributed by atoms with E-state index in [0.29, 0.717) is 12.1 Å². The van der Waals surface area contributed by atoms with E-state index >= 15 is 0 Å². The highest BCUT2D eigenvalue weighted by Gasteiger charge is 2.34. The van der Waals surface area contributed by atoms with Crippen LogP contribution in [0.5, 0.6) is 0 Å². The molecule has 2 aromatic carbocycles. The van der Waals surface area contributed by atoms with Crippen molar-refractivity contribution >= 4 is 15.9 Å². The summed E-state index contributed by atoms with van der Waals surface area (Å²) in [5.74, 6) is -0.512. The topological polar surface area (TPSA) is 66.5 Å². The molecule has 1 amide bonds. The van der Waals surface area contributed by atoms with E-state index in [1.807, 2.05) is 12.1 Å². The van der Waals surface area contributed by atoms with Crippen molar-refractivity contribution in [3.8, 4) is 0 Å². The third-order valence-electron chi connectivity index (χ3n) is 5.75. The van der Waals surface area contributed by atoms with Crippen LogP contribution in [0.15, 0.2) is 53.4 Å². The van der Waals surface area contributed by atoms with Gasteiger partial charge in [0, 0.05) is 31.6 Å². The zero-order valence-electron chi connectivity index (χ0n) is 16.8. The average Bonchev–Trinajstić information content (AvgIpc) is 2.73. The Kier molecular flexibility index (Phi) is 6.39. The smallest absolute Gasteiger partial charge is 0.251 e. The van der Waals surface area contributed by atoms with Crippen molar-refractivity contribution in [3.05, 3.63) is 65.5 Å². The molecule has 0 saturated heterocycles. The summed E-state index contributed by atoms with van der Waals surface area (Å²) in [5.41, 5.74) is 1.26. The highest BCUT2D eigenvalue weighted by atomic mass is 32.2. The monoisotopic (exact) mass is 418 g/mol. The lowest BCUT2D eigenvalue weighted by Gasteiger charge is -2.38. The predicted octanol–water partition coefficient (Wildman–Crippen LogP) is 3.71. The second kappa shape index (κ2) is 8.63. The van der Waals surface area contributed by atoms with Crippen molar-refractivity contribution in [2.24, 2.45) is 0 Å². The van der Waals surface area contributed by atoms with Crippen LogP contribution in [-0.2, 0) is 15.4 Å². The van der Waals surface area contributed by atoms with Crippen LogP contribution in [0.3, 0.4) is 0 Å². The Morgan fingerprint density at radius 2 is 1.59 bits per heavy atom. The van der Waals surface area contributed by atoms with Crippen LogP contribution in [0.1, 0.15) is 48.0 Å². The van der Waals surface area contributed by atoms with E-state index in [1.54, 1.807) is 0 Å².